The summed E-state index contributed by atoms with van der Waals surface area (Å²) in [6.07, 6.45) is 3.50. The molecular formula is C18H23ClN2O5S. The number of carbonyl (C=O) groups excluding carboxylic acids is 2. The molecule has 1 saturated heterocycles. The highest BCUT2D eigenvalue weighted by Crippen LogP contribution is 2.26. The van der Waals surface area contributed by atoms with Crippen molar-refractivity contribution >= 4 is 33.5 Å². The zero-order valence-electron chi connectivity index (χ0n) is 15.1. The fraction of sp³-hybridized carbons (Fsp3) is 0.556. The fourth-order valence-electron chi connectivity index (χ4n) is 2.90. The number of benzene rings is 1. The number of piperidine rings is 1. The number of carbonyl (C=O) groups is 2. The van der Waals surface area contributed by atoms with Crippen LogP contribution < -0.4 is 5.32 Å². The van der Waals surface area contributed by atoms with E-state index in [0.717, 1.165) is 32.1 Å². The first kappa shape index (κ1) is 20.1. The van der Waals surface area contributed by atoms with Gasteiger partial charge in [-0.25, -0.2) is 13.2 Å². The van der Waals surface area contributed by atoms with Crippen molar-refractivity contribution in [2.24, 2.45) is 0 Å². The number of hydrogen-bond donors (Lipinski definition) is 1. The Balaban J connectivity index is 1.75. The van der Waals surface area contributed by atoms with Gasteiger partial charge in [-0.05, 0) is 50.8 Å². The molecule has 1 N–H and O–H groups in total. The van der Waals surface area contributed by atoms with Gasteiger partial charge in [-0.3, -0.25) is 4.79 Å². The summed E-state index contributed by atoms with van der Waals surface area (Å²) in [5.74, 6) is -1.20. The molecule has 1 amide bonds. The fourth-order valence-corrected chi connectivity index (χ4v) is 4.64. The van der Waals surface area contributed by atoms with E-state index in [9.17, 15) is 18.0 Å². The largest absolute Gasteiger partial charge is 0.449 e. The van der Waals surface area contributed by atoms with E-state index >= 15 is 0 Å². The van der Waals surface area contributed by atoms with E-state index in [4.69, 9.17) is 16.3 Å². The number of esters is 1. The maximum atomic E-state index is 12.8. The van der Waals surface area contributed by atoms with Gasteiger partial charge in [0.05, 0.1) is 15.5 Å². The topological polar surface area (TPSA) is 92.8 Å². The minimum atomic E-state index is -3.70. The number of nitrogens with zero attached hydrogens (tertiary/aromatic N) is 1. The lowest BCUT2D eigenvalue weighted by Crippen LogP contribution is -2.37. The second-order valence-corrected chi connectivity index (χ2v) is 9.28. The second-order valence-electron chi connectivity index (χ2n) is 6.94. The number of hydrogen-bond acceptors (Lipinski definition) is 5. The second kappa shape index (κ2) is 8.16. The van der Waals surface area contributed by atoms with Gasteiger partial charge in [0.25, 0.3) is 5.91 Å². The van der Waals surface area contributed by atoms with Crippen LogP contribution in [0.1, 0.15) is 49.4 Å². The van der Waals surface area contributed by atoms with Gasteiger partial charge in [0.15, 0.2) is 6.10 Å². The van der Waals surface area contributed by atoms with Crippen LogP contribution in [0.15, 0.2) is 23.1 Å². The predicted molar refractivity (Wildman–Crippen MR) is 100 cm³/mol. The molecule has 1 aliphatic heterocycles. The van der Waals surface area contributed by atoms with E-state index < -0.39 is 22.1 Å². The molecule has 0 unspecified atom stereocenters. The average Bonchev–Trinajstić information content (AvgIpc) is 3.46. The van der Waals surface area contributed by atoms with E-state index in [0.29, 0.717) is 13.1 Å². The minimum absolute atomic E-state index is 0.00386. The Morgan fingerprint density at radius 3 is 2.52 bits per heavy atom. The molecule has 0 spiro atoms. The number of rotatable bonds is 6. The van der Waals surface area contributed by atoms with Gasteiger partial charge >= 0.3 is 5.97 Å². The lowest BCUT2D eigenvalue weighted by Gasteiger charge is -2.26. The Morgan fingerprint density at radius 1 is 1.22 bits per heavy atom. The van der Waals surface area contributed by atoms with Crippen LogP contribution in [-0.4, -0.2) is 49.8 Å². The summed E-state index contributed by atoms with van der Waals surface area (Å²) in [5.41, 5.74) is -0.0687. The molecule has 9 heteroatoms. The van der Waals surface area contributed by atoms with Gasteiger partial charge in [0.1, 0.15) is 0 Å². The van der Waals surface area contributed by atoms with Crippen LogP contribution in [0.5, 0.6) is 0 Å². The molecule has 1 saturated carbocycles. The Bertz CT molecular complexity index is 832. The first-order chi connectivity index (χ1) is 12.8. The molecule has 1 atom stereocenters. The van der Waals surface area contributed by atoms with Crippen molar-refractivity contribution in [2.75, 3.05) is 13.1 Å². The molecule has 2 fully saturated rings. The third-order valence-electron chi connectivity index (χ3n) is 4.69. The van der Waals surface area contributed by atoms with Gasteiger partial charge in [0, 0.05) is 19.1 Å². The molecule has 27 heavy (non-hydrogen) atoms. The van der Waals surface area contributed by atoms with Crippen LogP contribution in [-0.2, 0) is 19.6 Å². The number of sulfonamides is 1. The monoisotopic (exact) mass is 414 g/mol. The van der Waals surface area contributed by atoms with Crippen LogP contribution >= 0.6 is 11.6 Å². The van der Waals surface area contributed by atoms with E-state index in [1.165, 1.54) is 29.4 Å². The molecule has 7 nitrogen and oxygen atoms in total. The summed E-state index contributed by atoms with van der Waals surface area (Å²) in [5, 5.41) is 2.83. The highest BCUT2D eigenvalue weighted by Gasteiger charge is 2.30. The lowest BCUT2D eigenvalue weighted by atomic mass is 10.2. The molecule has 3 rings (SSSR count). The van der Waals surface area contributed by atoms with Gasteiger partial charge in [0.2, 0.25) is 10.0 Å². The van der Waals surface area contributed by atoms with Crippen molar-refractivity contribution in [1.29, 1.82) is 0 Å². The van der Waals surface area contributed by atoms with Crippen LogP contribution in [0.25, 0.3) is 0 Å². The number of ether oxygens (including phenoxy) is 1. The van der Waals surface area contributed by atoms with E-state index in [2.05, 4.69) is 5.32 Å². The molecule has 0 radical (unpaired) electrons. The van der Waals surface area contributed by atoms with Gasteiger partial charge in [-0.15, -0.1) is 0 Å². The first-order valence-corrected chi connectivity index (χ1v) is 10.9. The predicted octanol–water partition coefficient (Wildman–Crippen LogP) is 2.34. The smallest absolute Gasteiger partial charge is 0.340 e. The lowest BCUT2D eigenvalue weighted by molar-refractivity contribution is -0.129. The Labute approximate surface area is 164 Å². The zero-order valence-corrected chi connectivity index (χ0v) is 16.7. The Kier molecular flexibility index (Phi) is 6.08. The van der Waals surface area contributed by atoms with Crippen molar-refractivity contribution in [2.45, 2.75) is 56.1 Å². The average molecular weight is 415 g/mol. The number of halogens is 1. The zero-order chi connectivity index (χ0) is 19.6. The SMILES string of the molecule is C[C@@H](OC(=O)c1cc(S(=O)(=O)N2CCCCC2)ccc1Cl)C(=O)NC1CC1. The van der Waals surface area contributed by atoms with Gasteiger partial charge in [-0.2, -0.15) is 4.31 Å². The van der Waals surface area contributed by atoms with Crippen LogP contribution in [0, 0.1) is 0 Å². The molecule has 0 bridgehead atoms. The van der Waals surface area contributed by atoms with Crippen LogP contribution in [0.2, 0.25) is 5.02 Å². The molecule has 0 aromatic heterocycles. The summed E-state index contributed by atoms with van der Waals surface area (Å²) in [7, 11) is -3.70. The maximum Gasteiger partial charge on any atom is 0.340 e. The summed E-state index contributed by atoms with van der Waals surface area (Å²) in [6, 6.07) is 4.12. The quantitative estimate of drug-likeness (QED) is 0.721. The van der Waals surface area contributed by atoms with Crippen molar-refractivity contribution in [3.05, 3.63) is 28.8 Å². The van der Waals surface area contributed by atoms with Crippen molar-refractivity contribution in [3.8, 4) is 0 Å². The molecular weight excluding hydrogens is 392 g/mol. The third kappa shape index (κ3) is 4.80. The third-order valence-corrected chi connectivity index (χ3v) is 6.91. The van der Waals surface area contributed by atoms with Crippen molar-refractivity contribution in [1.82, 2.24) is 9.62 Å². The van der Waals surface area contributed by atoms with Crippen LogP contribution in [0.4, 0.5) is 0 Å². The molecule has 1 aromatic rings. The standard InChI is InChI=1S/C18H23ClN2O5S/c1-12(17(22)20-13-5-6-13)26-18(23)15-11-14(7-8-16(15)19)27(24,25)21-9-3-2-4-10-21/h7-8,11-13H,2-6,9-10H2,1H3,(H,20,22)/t12-/m1/s1. The van der Waals surface area contributed by atoms with Crippen molar-refractivity contribution < 1.29 is 22.7 Å². The van der Waals surface area contributed by atoms with Gasteiger partial charge in [-0.1, -0.05) is 18.0 Å². The first-order valence-electron chi connectivity index (χ1n) is 9.10. The molecule has 148 valence electrons. The Morgan fingerprint density at radius 2 is 1.89 bits per heavy atom. The maximum absolute atomic E-state index is 12.8. The van der Waals surface area contributed by atoms with Gasteiger partial charge < -0.3 is 10.1 Å². The summed E-state index contributed by atoms with van der Waals surface area (Å²) < 4.78 is 32.2. The van der Waals surface area contributed by atoms with Crippen molar-refractivity contribution in [3.63, 3.8) is 0 Å². The summed E-state index contributed by atoms with van der Waals surface area (Å²) in [4.78, 5) is 24.4. The van der Waals surface area contributed by atoms with E-state index in [1.54, 1.807) is 0 Å². The molecule has 1 aliphatic carbocycles. The molecule has 1 aromatic carbocycles. The van der Waals surface area contributed by atoms with Crippen LogP contribution in [0.3, 0.4) is 0 Å². The molecule has 2 aliphatic rings. The number of nitrogens with one attached hydrogen (secondary N) is 1. The highest BCUT2D eigenvalue weighted by atomic mass is 35.5. The minimum Gasteiger partial charge on any atom is -0.449 e. The van der Waals surface area contributed by atoms with E-state index in [1.807, 2.05) is 0 Å². The molecule has 1 heterocycles. The van der Waals surface area contributed by atoms with E-state index in [-0.39, 0.29) is 27.4 Å². The Hall–Kier alpha value is -1.64. The number of amides is 1. The summed E-state index contributed by atoms with van der Waals surface area (Å²) >= 11 is 6.07. The normalized spacial score (nSPS) is 19.3. The highest BCUT2D eigenvalue weighted by molar-refractivity contribution is 7.89. The summed E-state index contributed by atoms with van der Waals surface area (Å²) in [6.45, 7) is 2.39.